The monoisotopic (exact) mass is 212 g/mol. The molecule has 3 aromatic rings. The molecule has 0 aliphatic rings. The Morgan fingerprint density at radius 3 is 3.19 bits per heavy atom. The molecule has 0 aliphatic heterocycles. The third-order valence-corrected chi connectivity index (χ3v) is 2.13. The first-order chi connectivity index (χ1) is 7.88. The van der Waals surface area contributed by atoms with Crippen LogP contribution < -0.4 is 0 Å². The Labute approximate surface area is 88.4 Å². The van der Waals surface area contributed by atoms with Crippen LogP contribution in [0.4, 0.5) is 5.82 Å². The van der Waals surface area contributed by atoms with Crippen molar-refractivity contribution >= 4 is 28.0 Å². The van der Waals surface area contributed by atoms with Gasteiger partial charge in [0.2, 0.25) is 5.71 Å². The van der Waals surface area contributed by atoms with Crippen molar-refractivity contribution in [1.82, 2.24) is 15.0 Å². The number of hydrogen-bond acceptors (Lipinski definition) is 5. The van der Waals surface area contributed by atoms with Crippen molar-refractivity contribution in [3.63, 3.8) is 0 Å². The van der Waals surface area contributed by atoms with Gasteiger partial charge in [-0.1, -0.05) is 0 Å². The van der Waals surface area contributed by atoms with E-state index in [9.17, 15) is 0 Å². The van der Waals surface area contributed by atoms with Crippen LogP contribution in [-0.2, 0) is 0 Å². The smallest absolute Gasteiger partial charge is 0.229 e. The van der Waals surface area contributed by atoms with Gasteiger partial charge >= 0.3 is 0 Å². The summed E-state index contributed by atoms with van der Waals surface area (Å²) in [4.78, 5) is 14.7. The number of nitrogens with zero attached hydrogens (tertiary/aromatic N) is 6. The number of hydrogen-bond donors (Lipinski definition) is 0. The van der Waals surface area contributed by atoms with Crippen molar-refractivity contribution in [2.45, 2.75) is 0 Å². The largest absolute Gasteiger partial charge is 0.434 e. The Morgan fingerprint density at radius 1 is 1.38 bits per heavy atom. The first kappa shape index (κ1) is 8.63. The van der Waals surface area contributed by atoms with Gasteiger partial charge in [-0.25, -0.2) is 15.0 Å². The fourth-order valence-electron chi connectivity index (χ4n) is 1.49. The van der Waals surface area contributed by atoms with Crippen LogP contribution in [0, 0.1) is 0 Å². The van der Waals surface area contributed by atoms with Gasteiger partial charge in [0.25, 0.3) is 0 Å². The number of azide groups is 1. The van der Waals surface area contributed by atoms with Crippen molar-refractivity contribution in [2.75, 3.05) is 0 Å². The Kier molecular flexibility index (Phi) is 1.72. The third-order valence-electron chi connectivity index (χ3n) is 2.13. The van der Waals surface area contributed by atoms with Gasteiger partial charge in [-0.3, -0.25) is 0 Å². The molecule has 0 amide bonds. The van der Waals surface area contributed by atoms with Crippen molar-refractivity contribution in [2.24, 2.45) is 5.11 Å². The fraction of sp³-hybridized carbons (Fsp3) is 0. The molecule has 0 unspecified atom stereocenters. The SMILES string of the molecule is [N-]=[N+]=Nc1ccc2c(n1)oc1cncnc12. The maximum Gasteiger partial charge on any atom is 0.229 e. The Morgan fingerprint density at radius 2 is 2.31 bits per heavy atom. The average molecular weight is 212 g/mol. The van der Waals surface area contributed by atoms with Gasteiger partial charge in [-0.15, -0.1) is 0 Å². The van der Waals surface area contributed by atoms with Gasteiger partial charge in [-0.05, 0) is 22.8 Å². The van der Waals surface area contributed by atoms with E-state index in [1.54, 1.807) is 18.3 Å². The quantitative estimate of drug-likeness (QED) is 0.351. The molecule has 0 spiro atoms. The maximum atomic E-state index is 8.30. The normalized spacial score (nSPS) is 10.5. The summed E-state index contributed by atoms with van der Waals surface area (Å²) in [6, 6.07) is 3.37. The van der Waals surface area contributed by atoms with Gasteiger partial charge in [0, 0.05) is 4.91 Å². The second-order valence-corrected chi connectivity index (χ2v) is 3.05. The van der Waals surface area contributed by atoms with Crippen molar-refractivity contribution in [3.8, 4) is 0 Å². The van der Waals surface area contributed by atoms with Gasteiger partial charge in [0.1, 0.15) is 17.7 Å². The highest BCUT2D eigenvalue weighted by Gasteiger charge is 2.08. The summed E-state index contributed by atoms with van der Waals surface area (Å²) in [7, 11) is 0. The predicted octanol–water partition coefficient (Wildman–Crippen LogP) is 2.71. The van der Waals surface area contributed by atoms with Crippen LogP contribution in [0.1, 0.15) is 0 Å². The first-order valence-electron chi connectivity index (χ1n) is 4.43. The van der Waals surface area contributed by atoms with Gasteiger partial charge in [-0.2, -0.15) is 0 Å². The van der Waals surface area contributed by atoms with Crippen molar-refractivity contribution < 1.29 is 4.42 Å². The number of pyridine rings is 1. The highest BCUT2D eigenvalue weighted by Crippen LogP contribution is 2.26. The lowest BCUT2D eigenvalue weighted by Crippen LogP contribution is -1.76. The Hall–Kier alpha value is -2.66. The molecule has 0 bridgehead atoms. The molecule has 0 saturated carbocycles. The molecule has 3 aromatic heterocycles. The number of fused-ring (bicyclic) bond motifs is 3. The number of furan rings is 1. The molecule has 76 valence electrons. The second-order valence-electron chi connectivity index (χ2n) is 3.05. The van der Waals surface area contributed by atoms with Gasteiger partial charge < -0.3 is 4.42 Å². The van der Waals surface area contributed by atoms with Crippen molar-refractivity contribution in [1.29, 1.82) is 0 Å². The van der Waals surface area contributed by atoms with E-state index >= 15 is 0 Å². The molecule has 7 heteroatoms. The zero-order chi connectivity index (χ0) is 11.0. The van der Waals surface area contributed by atoms with Crippen LogP contribution in [0.15, 0.2) is 34.2 Å². The lowest BCUT2D eigenvalue weighted by molar-refractivity contribution is 0.651. The zero-order valence-electron chi connectivity index (χ0n) is 7.90. The summed E-state index contributed by atoms with van der Waals surface area (Å²) >= 11 is 0. The topological polar surface area (TPSA) is 101 Å². The van der Waals surface area contributed by atoms with Gasteiger partial charge in [0.15, 0.2) is 5.58 Å². The van der Waals surface area contributed by atoms with Crippen LogP contribution in [0.25, 0.3) is 32.6 Å². The molecule has 16 heavy (non-hydrogen) atoms. The zero-order valence-corrected chi connectivity index (χ0v) is 7.90. The fourth-order valence-corrected chi connectivity index (χ4v) is 1.49. The molecule has 0 atom stereocenters. The number of aromatic nitrogens is 3. The second kappa shape index (κ2) is 3.18. The van der Waals surface area contributed by atoms with Gasteiger partial charge in [0.05, 0.1) is 11.6 Å². The minimum absolute atomic E-state index is 0.266. The van der Waals surface area contributed by atoms with E-state index in [4.69, 9.17) is 9.95 Å². The van der Waals surface area contributed by atoms with E-state index in [0.29, 0.717) is 16.8 Å². The van der Waals surface area contributed by atoms with Crippen LogP contribution >= 0.6 is 0 Å². The van der Waals surface area contributed by atoms with E-state index < -0.39 is 0 Å². The molecule has 0 radical (unpaired) electrons. The summed E-state index contributed by atoms with van der Waals surface area (Å²) in [5.41, 5.74) is 9.94. The molecule has 0 N–H and O–H groups in total. The summed E-state index contributed by atoms with van der Waals surface area (Å²) in [6.07, 6.45) is 3.01. The lowest BCUT2D eigenvalue weighted by atomic mass is 10.3. The molecule has 0 fully saturated rings. The molecular weight excluding hydrogens is 208 g/mol. The molecule has 0 saturated heterocycles. The first-order valence-corrected chi connectivity index (χ1v) is 4.43. The predicted molar refractivity (Wildman–Crippen MR) is 55.9 cm³/mol. The van der Waals surface area contributed by atoms with Crippen LogP contribution in [-0.4, -0.2) is 15.0 Å². The van der Waals surface area contributed by atoms with E-state index in [1.165, 1.54) is 6.33 Å². The van der Waals surface area contributed by atoms with E-state index in [2.05, 4.69) is 25.0 Å². The molecule has 7 nitrogen and oxygen atoms in total. The highest BCUT2D eigenvalue weighted by molar-refractivity contribution is 6.00. The maximum absolute atomic E-state index is 8.30. The summed E-state index contributed by atoms with van der Waals surface area (Å²) in [5.74, 6) is 0.266. The van der Waals surface area contributed by atoms with Crippen LogP contribution in [0.3, 0.4) is 0 Å². The van der Waals surface area contributed by atoms with Crippen LogP contribution in [0.2, 0.25) is 0 Å². The van der Waals surface area contributed by atoms with Crippen LogP contribution in [0.5, 0.6) is 0 Å². The molecule has 0 aliphatic carbocycles. The standard InChI is InChI=1S/C9H4N6O/c10-15-14-7-2-1-5-8-6(3-11-4-12-8)16-9(5)13-7/h1-4H. The summed E-state index contributed by atoms with van der Waals surface area (Å²) in [5, 5.41) is 4.17. The van der Waals surface area contributed by atoms with E-state index in [0.717, 1.165) is 5.39 Å². The van der Waals surface area contributed by atoms with Crippen molar-refractivity contribution in [3.05, 3.63) is 35.1 Å². The number of rotatable bonds is 1. The highest BCUT2D eigenvalue weighted by atomic mass is 16.3. The Bertz CT molecular complexity index is 727. The average Bonchev–Trinajstić information content (AvgIpc) is 2.67. The van der Waals surface area contributed by atoms with E-state index in [-0.39, 0.29) is 5.82 Å². The lowest BCUT2D eigenvalue weighted by Gasteiger charge is -1.89. The molecule has 3 rings (SSSR count). The molecule has 0 aromatic carbocycles. The minimum Gasteiger partial charge on any atom is -0.434 e. The summed E-state index contributed by atoms with van der Waals surface area (Å²) in [6.45, 7) is 0. The third kappa shape index (κ3) is 1.16. The van der Waals surface area contributed by atoms with E-state index in [1.807, 2.05) is 0 Å². The molecular formula is C9H4N6O. The minimum atomic E-state index is 0.266. The Balaban J connectivity index is 2.41. The summed E-state index contributed by atoms with van der Waals surface area (Å²) < 4.78 is 5.42. The molecule has 3 heterocycles.